The molecule has 8 heteroatoms. The average molecular weight is 583 g/mol. The molecule has 2 aromatic rings. The van der Waals surface area contributed by atoms with E-state index in [1.54, 1.807) is 32.1 Å². The summed E-state index contributed by atoms with van der Waals surface area (Å²) in [4.78, 5) is 33.7. The number of ether oxygens (including phenoxy) is 1. The monoisotopic (exact) mass is 582 g/mol. The lowest BCUT2D eigenvalue weighted by Crippen LogP contribution is -2.45. The van der Waals surface area contributed by atoms with Crippen molar-refractivity contribution in [1.29, 1.82) is 0 Å². The number of nitrogens with zero attached hydrogens (tertiary/aromatic N) is 2. The lowest BCUT2D eigenvalue weighted by atomic mass is 9.73. The first-order valence-electron chi connectivity index (χ1n) is 14.9. The summed E-state index contributed by atoms with van der Waals surface area (Å²) in [6.45, 7) is 11.8. The largest absolute Gasteiger partial charge is 0.458 e. The van der Waals surface area contributed by atoms with Crippen LogP contribution < -0.4 is 0 Å². The van der Waals surface area contributed by atoms with Crippen molar-refractivity contribution in [3.8, 4) is 0 Å². The average Bonchev–Trinajstić information content (AvgIpc) is 3.38. The number of Topliss-reactive ketones (excluding diaryl/α,β-unsaturated/α-hetero) is 1. The van der Waals surface area contributed by atoms with E-state index in [1.165, 1.54) is 5.56 Å². The van der Waals surface area contributed by atoms with Gasteiger partial charge in [-0.2, -0.15) is 0 Å². The first-order chi connectivity index (χ1) is 19.4. The molecular formula is C33H46N2O5S. The quantitative estimate of drug-likeness (QED) is 0.359. The van der Waals surface area contributed by atoms with Crippen LogP contribution in [-0.2, 0) is 20.9 Å². The summed E-state index contributed by atoms with van der Waals surface area (Å²) < 4.78 is 6.07. The molecule has 1 unspecified atom stereocenters. The molecule has 2 aliphatic rings. The maximum atomic E-state index is 13.4. The number of aliphatic hydroxyl groups excluding tert-OH is 2. The van der Waals surface area contributed by atoms with E-state index in [-0.39, 0.29) is 24.2 Å². The van der Waals surface area contributed by atoms with Crippen LogP contribution in [0.1, 0.15) is 83.0 Å². The van der Waals surface area contributed by atoms with Gasteiger partial charge in [0.25, 0.3) is 0 Å². The third-order valence-electron chi connectivity index (χ3n) is 9.16. The molecule has 8 atom stereocenters. The van der Waals surface area contributed by atoms with Crippen molar-refractivity contribution >= 4 is 29.2 Å². The van der Waals surface area contributed by atoms with Gasteiger partial charge < -0.3 is 14.9 Å². The number of aromatic nitrogens is 1. The molecular weight excluding hydrogens is 536 g/mol. The minimum atomic E-state index is -1.23. The summed E-state index contributed by atoms with van der Waals surface area (Å²) in [7, 11) is 0. The van der Waals surface area contributed by atoms with Gasteiger partial charge in [0, 0.05) is 36.3 Å². The number of rotatable bonds is 4. The van der Waals surface area contributed by atoms with Crippen LogP contribution in [0.4, 0.5) is 0 Å². The summed E-state index contributed by atoms with van der Waals surface area (Å²) >= 11 is 1.58. The van der Waals surface area contributed by atoms with E-state index >= 15 is 0 Å². The second kappa shape index (κ2) is 13.3. The van der Waals surface area contributed by atoms with Gasteiger partial charge in [-0.15, -0.1) is 11.3 Å². The molecule has 224 valence electrons. The molecule has 0 saturated carbocycles. The van der Waals surface area contributed by atoms with Gasteiger partial charge in [-0.3, -0.25) is 14.5 Å². The molecule has 1 aromatic carbocycles. The van der Waals surface area contributed by atoms with Gasteiger partial charge in [-0.25, -0.2) is 4.98 Å². The SMILES string of the molecule is CC(=Cc1csc(C)n1)[C@@H]1C[C@H]2[C@@H](CCC[C@H](C)[C@H](O)[C@H](C)C(=O)C(C)(C)[C@@H](O)CC(=O)O1)N2Cc1ccccc1. The number of hydrogen-bond donors (Lipinski definition) is 2. The van der Waals surface area contributed by atoms with Gasteiger partial charge in [-0.1, -0.05) is 64.4 Å². The Bertz CT molecular complexity index is 1230. The van der Waals surface area contributed by atoms with E-state index in [0.29, 0.717) is 12.5 Å². The molecule has 0 radical (unpaired) electrons. The van der Waals surface area contributed by atoms with Crippen LogP contribution in [0.25, 0.3) is 6.08 Å². The lowest BCUT2D eigenvalue weighted by Gasteiger charge is -2.34. The summed E-state index contributed by atoms with van der Waals surface area (Å²) in [5.41, 5.74) is 1.79. The zero-order valence-corrected chi connectivity index (χ0v) is 26.1. The highest BCUT2D eigenvalue weighted by atomic mass is 32.1. The molecule has 2 aliphatic heterocycles. The van der Waals surface area contributed by atoms with Crippen molar-refractivity contribution in [2.75, 3.05) is 0 Å². The topological polar surface area (TPSA) is 99.7 Å². The number of fused-ring (bicyclic) bond motifs is 1. The van der Waals surface area contributed by atoms with E-state index in [4.69, 9.17) is 4.74 Å². The van der Waals surface area contributed by atoms with Crippen molar-refractivity contribution in [1.82, 2.24) is 9.88 Å². The highest BCUT2D eigenvalue weighted by Crippen LogP contribution is 2.40. The predicted octanol–water partition coefficient (Wildman–Crippen LogP) is 5.57. The Balaban J connectivity index is 1.62. The van der Waals surface area contributed by atoms with Crippen LogP contribution >= 0.6 is 11.3 Å². The zero-order chi connectivity index (χ0) is 29.9. The second-order valence-corrected chi connectivity index (χ2v) is 13.7. The number of aliphatic hydroxyl groups is 2. The van der Waals surface area contributed by atoms with E-state index in [9.17, 15) is 19.8 Å². The molecule has 0 amide bonds. The minimum absolute atomic E-state index is 0.0565. The van der Waals surface area contributed by atoms with Crippen LogP contribution in [0.2, 0.25) is 0 Å². The molecule has 0 bridgehead atoms. The van der Waals surface area contributed by atoms with Crippen LogP contribution in [0, 0.1) is 24.2 Å². The Hall–Kier alpha value is -2.39. The number of aryl methyl sites for hydroxylation is 1. The first-order valence-corrected chi connectivity index (χ1v) is 15.8. The molecule has 2 N–H and O–H groups in total. The molecule has 2 saturated heterocycles. The van der Waals surface area contributed by atoms with E-state index < -0.39 is 35.6 Å². The molecule has 3 heterocycles. The number of benzene rings is 1. The summed E-state index contributed by atoms with van der Waals surface area (Å²) in [6.07, 6.45) is 2.52. The van der Waals surface area contributed by atoms with Crippen molar-refractivity contribution in [3.05, 3.63) is 57.6 Å². The number of hydrogen-bond acceptors (Lipinski definition) is 8. The van der Waals surface area contributed by atoms with Gasteiger partial charge in [0.05, 0.1) is 34.7 Å². The van der Waals surface area contributed by atoms with Gasteiger partial charge in [-0.05, 0) is 49.8 Å². The summed E-state index contributed by atoms with van der Waals surface area (Å²) in [5.74, 6) is -1.49. The highest BCUT2D eigenvalue weighted by Gasteiger charge is 2.48. The third-order valence-corrected chi connectivity index (χ3v) is 9.95. The Kier molecular flexibility index (Phi) is 10.2. The smallest absolute Gasteiger partial charge is 0.309 e. The van der Waals surface area contributed by atoms with E-state index in [1.807, 2.05) is 38.3 Å². The molecule has 41 heavy (non-hydrogen) atoms. The first kappa shape index (κ1) is 31.5. The van der Waals surface area contributed by atoms with Crippen LogP contribution in [0.5, 0.6) is 0 Å². The van der Waals surface area contributed by atoms with Gasteiger partial charge in [0.2, 0.25) is 0 Å². The summed E-state index contributed by atoms with van der Waals surface area (Å²) in [6, 6.07) is 11.0. The van der Waals surface area contributed by atoms with Crippen LogP contribution in [-0.4, -0.2) is 62.2 Å². The Labute approximate surface area is 248 Å². The Morgan fingerprint density at radius 2 is 1.85 bits per heavy atom. The van der Waals surface area contributed by atoms with Crippen LogP contribution in [0.15, 0.2) is 41.3 Å². The fourth-order valence-electron chi connectivity index (χ4n) is 6.23. The van der Waals surface area contributed by atoms with Crippen molar-refractivity contribution in [2.24, 2.45) is 17.3 Å². The van der Waals surface area contributed by atoms with Crippen molar-refractivity contribution < 1.29 is 24.5 Å². The van der Waals surface area contributed by atoms with Crippen LogP contribution in [0.3, 0.4) is 0 Å². The molecule has 1 aromatic heterocycles. The zero-order valence-electron chi connectivity index (χ0n) is 25.2. The highest BCUT2D eigenvalue weighted by molar-refractivity contribution is 7.09. The van der Waals surface area contributed by atoms with Gasteiger partial charge in [0.1, 0.15) is 11.9 Å². The maximum absolute atomic E-state index is 13.4. The molecule has 2 fully saturated rings. The van der Waals surface area contributed by atoms with Gasteiger partial charge >= 0.3 is 5.97 Å². The predicted molar refractivity (Wildman–Crippen MR) is 162 cm³/mol. The second-order valence-electron chi connectivity index (χ2n) is 12.7. The van der Waals surface area contributed by atoms with Crippen molar-refractivity contribution in [3.63, 3.8) is 0 Å². The third kappa shape index (κ3) is 7.72. The maximum Gasteiger partial charge on any atom is 0.309 e. The summed E-state index contributed by atoms with van der Waals surface area (Å²) in [5, 5.41) is 25.0. The van der Waals surface area contributed by atoms with Gasteiger partial charge in [0.15, 0.2) is 0 Å². The molecule has 0 aliphatic carbocycles. The van der Waals surface area contributed by atoms with E-state index in [2.05, 4.69) is 34.1 Å². The molecule has 4 rings (SSSR count). The normalized spacial score (nSPS) is 33.6. The number of carbonyl (C=O) groups is 2. The molecule has 7 nitrogen and oxygen atoms in total. The van der Waals surface area contributed by atoms with Crippen molar-refractivity contribution in [2.45, 2.75) is 111 Å². The number of carbonyl (C=O) groups excluding carboxylic acids is 2. The number of thiazole rings is 1. The minimum Gasteiger partial charge on any atom is -0.458 e. The Morgan fingerprint density at radius 1 is 1.15 bits per heavy atom. The lowest BCUT2D eigenvalue weighted by molar-refractivity contribution is -0.154. The Morgan fingerprint density at radius 3 is 2.51 bits per heavy atom. The van der Waals surface area contributed by atoms with E-state index in [0.717, 1.165) is 42.1 Å². The standard InChI is InChI=1S/C33H46N2O5S/c1-20-11-10-14-26-27(35(26)18-24-12-8-7-9-13-24)16-28(21(2)15-25-19-41-23(4)34-25)40-30(37)17-29(36)33(5,6)32(39)22(3)31(20)38/h7-9,12-13,15,19-20,22,26-29,31,36,38H,10-11,14,16-18H2,1-6H3/t20-,22-,26+,27-,28-,29-,31-,35?/m0/s1. The fourth-order valence-corrected chi connectivity index (χ4v) is 6.80. The fraction of sp³-hybridized carbons (Fsp3) is 0.606. The molecule has 0 spiro atoms. The number of cyclic esters (lactones) is 1. The number of esters is 1. The number of ketones is 1.